The molecule has 0 spiro atoms. The second-order valence-corrected chi connectivity index (χ2v) is 16.6. The maximum atomic E-state index is 2.42. The highest BCUT2D eigenvalue weighted by Crippen LogP contribution is 2.46. The van der Waals surface area contributed by atoms with E-state index in [-0.39, 0.29) is 0 Å². The van der Waals surface area contributed by atoms with Crippen molar-refractivity contribution >= 4 is 106 Å². The van der Waals surface area contributed by atoms with Gasteiger partial charge in [0, 0.05) is 40.3 Å². The Labute approximate surface area is 319 Å². The average Bonchev–Trinajstić information content (AvgIpc) is 3.77. The predicted octanol–water partition coefficient (Wildman–Crippen LogP) is 16.0. The predicted molar refractivity (Wildman–Crippen MR) is 239 cm³/mol. The molecule has 54 heavy (non-hydrogen) atoms. The van der Waals surface area contributed by atoms with Crippen LogP contribution in [0, 0.1) is 0 Å². The van der Waals surface area contributed by atoms with Gasteiger partial charge in [0.1, 0.15) is 0 Å². The lowest BCUT2D eigenvalue weighted by molar-refractivity contribution is 1.63. The van der Waals surface area contributed by atoms with Gasteiger partial charge in [-0.05, 0) is 125 Å². The topological polar surface area (TPSA) is 0 Å². The van der Waals surface area contributed by atoms with Crippen LogP contribution in [0.4, 0.5) is 0 Å². The Morgan fingerprint density at radius 2 is 0.741 bits per heavy atom. The van der Waals surface area contributed by atoms with Gasteiger partial charge < -0.3 is 0 Å². The van der Waals surface area contributed by atoms with Crippen LogP contribution in [0.3, 0.4) is 0 Å². The number of thiophene rings is 2. The van der Waals surface area contributed by atoms with E-state index in [1.54, 1.807) is 0 Å². The zero-order valence-corrected chi connectivity index (χ0v) is 30.8. The molecule has 2 aromatic heterocycles. The van der Waals surface area contributed by atoms with Crippen molar-refractivity contribution in [1.29, 1.82) is 0 Å². The Bertz CT molecular complexity index is 3440. The molecule has 10 aromatic carbocycles. The molecular formula is C52H30S2. The normalized spacial score (nSPS) is 12.1. The molecule has 0 aliphatic heterocycles. The van der Waals surface area contributed by atoms with Gasteiger partial charge in [-0.2, -0.15) is 0 Å². The van der Waals surface area contributed by atoms with Gasteiger partial charge >= 0.3 is 0 Å². The summed E-state index contributed by atoms with van der Waals surface area (Å²) in [7, 11) is 0. The lowest BCUT2D eigenvalue weighted by Gasteiger charge is -2.19. The van der Waals surface area contributed by atoms with E-state index in [0.717, 1.165) is 0 Å². The van der Waals surface area contributed by atoms with Crippen molar-refractivity contribution in [3.63, 3.8) is 0 Å². The van der Waals surface area contributed by atoms with Crippen LogP contribution in [0.5, 0.6) is 0 Å². The van der Waals surface area contributed by atoms with Crippen molar-refractivity contribution in [2.45, 2.75) is 0 Å². The van der Waals surface area contributed by atoms with Gasteiger partial charge in [-0.25, -0.2) is 0 Å². The van der Waals surface area contributed by atoms with Crippen LogP contribution < -0.4 is 0 Å². The zero-order valence-electron chi connectivity index (χ0n) is 29.1. The molecule has 0 nitrogen and oxygen atoms in total. The SMILES string of the molecule is c1cc(-c2ccc3sc4cc5cc6c(cc5cc4c3c2)sc2ccccc26)cc(-c2c3ccccc3c(-c3cccc4ccccc34)c3ccccc23)c1. The largest absolute Gasteiger partial charge is 0.135 e. The fraction of sp³-hybridized carbons (Fsp3) is 0. The molecule has 0 saturated carbocycles. The van der Waals surface area contributed by atoms with Crippen LogP contribution in [0.2, 0.25) is 0 Å². The average molecular weight is 719 g/mol. The van der Waals surface area contributed by atoms with Gasteiger partial charge in [0.15, 0.2) is 0 Å². The second-order valence-electron chi connectivity index (χ2n) is 14.4. The lowest BCUT2D eigenvalue weighted by atomic mass is 9.84. The molecule has 12 aromatic rings. The Hall–Kier alpha value is -6.32. The van der Waals surface area contributed by atoms with E-state index in [1.165, 1.54) is 117 Å². The smallest absolute Gasteiger partial charge is 0.0361 e. The third kappa shape index (κ3) is 4.48. The fourth-order valence-corrected chi connectivity index (χ4v) is 11.2. The van der Waals surface area contributed by atoms with Crippen molar-refractivity contribution in [3.05, 3.63) is 182 Å². The summed E-state index contributed by atoms with van der Waals surface area (Å²) in [5.74, 6) is 0. The quantitative estimate of drug-likeness (QED) is 0.160. The number of rotatable bonds is 3. The highest BCUT2D eigenvalue weighted by Gasteiger charge is 2.18. The highest BCUT2D eigenvalue weighted by molar-refractivity contribution is 7.26. The monoisotopic (exact) mass is 718 g/mol. The van der Waals surface area contributed by atoms with E-state index in [2.05, 4.69) is 182 Å². The molecule has 12 rings (SSSR count). The molecule has 2 heterocycles. The fourth-order valence-electron chi connectivity index (χ4n) is 8.95. The molecule has 0 fully saturated rings. The van der Waals surface area contributed by atoms with Crippen molar-refractivity contribution < 1.29 is 0 Å². The van der Waals surface area contributed by atoms with Crippen LogP contribution in [0.25, 0.3) is 117 Å². The minimum atomic E-state index is 1.23. The summed E-state index contributed by atoms with van der Waals surface area (Å²) in [6.07, 6.45) is 0. The first-order chi connectivity index (χ1) is 26.7. The van der Waals surface area contributed by atoms with Crippen LogP contribution in [-0.2, 0) is 0 Å². The minimum Gasteiger partial charge on any atom is -0.135 e. The first-order valence-electron chi connectivity index (χ1n) is 18.5. The molecule has 0 aliphatic carbocycles. The van der Waals surface area contributed by atoms with Crippen LogP contribution in [-0.4, -0.2) is 0 Å². The van der Waals surface area contributed by atoms with Gasteiger partial charge in [-0.15, -0.1) is 22.7 Å². The number of benzene rings is 10. The Kier molecular flexibility index (Phi) is 6.48. The first kappa shape index (κ1) is 30.2. The van der Waals surface area contributed by atoms with Crippen molar-refractivity contribution in [1.82, 2.24) is 0 Å². The molecule has 0 radical (unpaired) electrons. The molecule has 0 unspecified atom stereocenters. The third-order valence-corrected chi connectivity index (χ3v) is 13.7. The Balaban J connectivity index is 1.04. The van der Waals surface area contributed by atoms with Crippen molar-refractivity contribution in [2.75, 3.05) is 0 Å². The summed E-state index contributed by atoms with van der Waals surface area (Å²) in [4.78, 5) is 0. The van der Waals surface area contributed by atoms with Crippen molar-refractivity contribution in [3.8, 4) is 33.4 Å². The Morgan fingerprint density at radius 3 is 1.46 bits per heavy atom. The van der Waals surface area contributed by atoms with E-state index < -0.39 is 0 Å². The maximum absolute atomic E-state index is 2.42. The van der Waals surface area contributed by atoms with E-state index in [4.69, 9.17) is 0 Å². The molecule has 0 aliphatic rings. The standard InChI is InChI=1S/C52H30S2/c1-2-15-37-31(11-1)12-10-21-39(37)52-42-19-5-3-17-40(42)51(41-18-4-6-20-43(41)52)34-14-9-13-32(25-34)33-23-24-48-45(26-33)46-28-36-29-49-44(27-35(36)30-50(46)54-48)38-16-7-8-22-47(38)53-49/h1-30H. The molecular weight excluding hydrogens is 689 g/mol. The highest BCUT2D eigenvalue weighted by atomic mass is 32.1. The van der Waals surface area contributed by atoms with Gasteiger partial charge in [-0.3, -0.25) is 0 Å². The first-order valence-corrected chi connectivity index (χ1v) is 20.1. The van der Waals surface area contributed by atoms with E-state index in [1.807, 2.05) is 22.7 Å². The van der Waals surface area contributed by atoms with Crippen molar-refractivity contribution in [2.24, 2.45) is 0 Å². The lowest BCUT2D eigenvalue weighted by Crippen LogP contribution is -1.92. The Morgan fingerprint density at radius 1 is 0.241 bits per heavy atom. The molecule has 250 valence electrons. The van der Waals surface area contributed by atoms with Gasteiger partial charge in [0.25, 0.3) is 0 Å². The molecule has 0 amide bonds. The zero-order chi connectivity index (χ0) is 35.3. The van der Waals surface area contributed by atoms with E-state index >= 15 is 0 Å². The third-order valence-electron chi connectivity index (χ3n) is 11.4. The molecule has 0 N–H and O–H groups in total. The summed E-state index contributed by atoms with van der Waals surface area (Å²) in [6.45, 7) is 0. The summed E-state index contributed by atoms with van der Waals surface area (Å²) < 4.78 is 5.37. The number of hydrogen-bond acceptors (Lipinski definition) is 2. The molecule has 2 heteroatoms. The molecule has 0 atom stereocenters. The van der Waals surface area contributed by atoms with Crippen LogP contribution >= 0.6 is 22.7 Å². The minimum absolute atomic E-state index is 1.23. The number of hydrogen-bond donors (Lipinski definition) is 0. The second kappa shape index (κ2) is 11.6. The van der Waals surface area contributed by atoms with E-state index in [0.29, 0.717) is 0 Å². The van der Waals surface area contributed by atoms with Crippen LogP contribution in [0.1, 0.15) is 0 Å². The van der Waals surface area contributed by atoms with Crippen LogP contribution in [0.15, 0.2) is 182 Å². The molecule has 0 bridgehead atoms. The summed E-state index contributed by atoms with van der Waals surface area (Å²) >= 11 is 3.79. The van der Waals surface area contributed by atoms with Gasteiger partial charge in [0.2, 0.25) is 0 Å². The van der Waals surface area contributed by atoms with Gasteiger partial charge in [0.05, 0.1) is 0 Å². The number of fused-ring (bicyclic) bond motifs is 10. The van der Waals surface area contributed by atoms with E-state index in [9.17, 15) is 0 Å². The maximum Gasteiger partial charge on any atom is 0.0361 e. The summed E-state index contributed by atoms with van der Waals surface area (Å²) in [5, 5.41) is 15.6. The molecule has 0 saturated heterocycles. The van der Waals surface area contributed by atoms with Gasteiger partial charge in [-0.1, -0.05) is 133 Å². The summed E-state index contributed by atoms with van der Waals surface area (Å²) in [5.41, 5.74) is 7.57. The summed E-state index contributed by atoms with van der Waals surface area (Å²) in [6, 6.07) is 68.0.